The molecule has 1 saturated heterocycles. The Hall–Kier alpha value is -1.87. The number of benzene rings is 1. The van der Waals surface area contributed by atoms with Crippen LogP contribution in [0.5, 0.6) is 0 Å². The Morgan fingerprint density at radius 1 is 1.14 bits per heavy atom. The van der Waals surface area contributed by atoms with Crippen molar-refractivity contribution in [2.45, 2.75) is 57.5 Å². The number of carbonyl (C=O) groups excluding carboxylic acids is 3. The van der Waals surface area contributed by atoms with Crippen LogP contribution < -0.4 is 11.1 Å². The molecule has 8 nitrogen and oxygen atoms in total. The van der Waals surface area contributed by atoms with E-state index in [1.54, 1.807) is 23.1 Å². The van der Waals surface area contributed by atoms with Gasteiger partial charge < -0.3 is 20.7 Å². The van der Waals surface area contributed by atoms with Crippen molar-refractivity contribution >= 4 is 41.0 Å². The molecule has 1 aromatic carbocycles. The average Bonchev–Trinajstić information content (AvgIpc) is 2.85. The molecule has 2 fully saturated rings. The summed E-state index contributed by atoms with van der Waals surface area (Å²) >= 11 is 12.4. The minimum atomic E-state index is -0.749. The molecule has 1 heterocycles. The van der Waals surface area contributed by atoms with Crippen LogP contribution in [0, 0.1) is 5.92 Å². The van der Waals surface area contributed by atoms with E-state index in [-0.39, 0.29) is 49.1 Å². The summed E-state index contributed by atoms with van der Waals surface area (Å²) in [6.07, 6.45) is 4.35. The summed E-state index contributed by atoms with van der Waals surface area (Å²) in [4.78, 5) is 42.4. The Balaban J connectivity index is 1.66. The predicted octanol–water partition coefficient (Wildman–Crippen LogP) is 2.64. The summed E-state index contributed by atoms with van der Waals surface area (Å²) in [5.41, 5.74) is 6.26. The van der Waals surface area contributed by atoms with Crippen LogP contribution in [0.15, 0.2) is 18.2 Å². The molecule has 0 radical (unpaired) electrons. The summed E-state index contributed by atoms with van der Waals surface area (Å²) in [5, 5.41) is 3.80. The standard InChI is InChI=1S/C25H36Cl2N4O4/c1-2-35-25(34)19-5-3-4-6-22(19)30-11-13-31(14-12-30)24(33)21(29-23(32)9-10-28)15-17-7-8-18(26)16-20(17)27/h7-8,16,19,21-22H,2-6,9-15,28H2,1H3,(H,29,32)/t19-,21?,22-/m1/s1. The summed E-state index contributed by atoms with van der Waals surface area (Å²) in [7, 11) is 0. The third-order valence-corrected chi connectivity index (χ3v) is 7.44. The van der Waals surface area contributed by atoms with E-state index in [2.05, 4.69) is 10.2 Å². The van der Waals surface area contributed by atoms with Crippen LogP contribution in [0.1, 0.15) is 44.6 Å². The molecule has 0 spiro atoms. The minimum absolute atomic E-state index is 0.110. The van der Waals surface area contributed by atoms with Crippen LogP contribution in [-0.4, -0.2) is 79.0 Å². The second kappa shape index (κ2) is 13.4. The number of halogens is 2. The maximum atomic E-state index is 13.5. The lowest BCUT2D eigenvalue weighted by molar-refractivity contribution is -0.153. The summed E-state index contributed by atoms with van der Waals surface area (Å²) in [6, 6.07) is 4.52. The van der Waals surface area contributed by atoms with Gasteiger partial charge in [0.25, 0.3) is 0 Å². The van der Waals surface area contributed by atoms with Gasteiger partial charge in [0.1, 0.15) is 6.04 Å². The number of ether oxygens (including phenoxy) is 1. The molecule has 2 aliphatic rings. The number of hydrogen-bond acceptors (Lipinski definition) is 6. The molecule has 1 saturated carbocycles. The molecular formula is C25H36Cl2N4O4. The molecule has 3 N–H and O–H groups in total. The number of nitrogens with zero attached hydrogens (tertiary/aromatic N) is 2. The fraction of sp³-hybridized carbons (Fsp3) is 0.640. The molecule has 3 atom stereocenters. The molecule has 194 valence electrons. The van der Waals surface area contributed by atoms with Gasteiger partial charge in [-0.1, -0.05) is 42.1 Å². The van der Waals surface area contributed by atoms with E-state index < -0.39 is 6.04 Å². The molecule has 10 heteroatoms. The Morgan fingerprint density at radius 2 is 1.86 bits per heavy atom. The van der Waals surface area contributed by atoms with Crippen LogP contribution in [0.25, 0.3) is 0 Å². The number of rotatable bonds is 9. The molecule has 3 rings (SSSR count). The lowest BCUT2D eigenvalue weighted by Gasteiger charge is -2.44. The molecule has 1 aliphatic carbocycles. The van der Waals surface area contributed by atoms with Crippen molar-refractivity contribution in [2.24, 2.45) is 11.7 Å². The monoisotopic (exact) mass is 526 g/mol. The van der Waals surface area contributed by atoms with Crippen molar-refractivity contribution in [1.29, 1.82) is 0 Å². The SMILES string of the molecule is CCOC(=O)[C@@H]1CCCC[C@H]1N1CCN(C(=O)C(Cc2ccc(Cl)cc2Cl)NC(=O)CCN)CC1. The van der Waals surface area contributed by atoms with Gasteiger partial charge in [-0.2, -0.15) is 0 Å². The van der Waals surface area contributed by atoms with Crippen LogP contribution in [0.4, 0.5) is 0 Å². The second-order valence-electron chi connectivity index (χ2n) is 9.17. The third kappa shape index (κ3) is 7.56. The zero-order chi connectivity index (χ0) is 25.4. The number of hydrogen-bond donors (Lipinski definition) is 2. The highest BCUT2D eigenvalue weighted by atomic mass is 35.5. The second-order valence-corrected chi connectivity index (χ2v) is 10.0. The first-order valence-corrected chi connectivity index (χ1v) is 13.2. The maximum absolute atomic E-state index is 13.5. The van der Waals surface area contributed by atoms with Crippen molar-refractivity contribution in [3.63, 3.8) is 0 Å². The van der Waals surface area contributed by atoms with Crippen molar-refractivity contribution in [3.05, 3.63) is 33.8 Å². The molecule has 1 unspecified atom stereocenters. The van der Waals surface area contributed by atoms with Crippen molar-refractivity contribution < 1.29 is 19.1 Å². The van der Waals surface area contributed by atoms with Crippen molar-refractivity contribution in [3.8, 4) is 0 Å². The molecule has 1 aromatic rings. The summed E-state index contributed by atoms with van der Waals surface area (Å²) in [6.45, 7) is 4.84. The van der Waals surface area contributed by atoms with Crippen molar-refractivity contribution in [1.82, 2.24) is 15.1 Å². The fourth-order valence-electron chi connectivity index (χ4n) is 5.07. The van der Waals surface area contributed by atoms with E-state index in [1.165, 1.54) is 0 Å². The van der Waals surface area contributed by atoms with Gasteiger partial charge in [-0.3, -0.25) is 19.3 Å². The highest BCUT2D eigenvalue weighted by Gasteiger charge is 2.38. The summed E-state index contributed by atoms with van der Waals surface area (Å²) in [5.74, 6) is -0.639. The van der Waals surface area contributed by atoms with E-state index in [9.17, 15) is 14.4 Å². The van der Waals surface area contributed by atoms with Crippen LogP contribution >= 0.6 is 23.2 Å². The van der Waals surface area contributed by atoms with Gasteiger partial charge in [0.05, 0.1) is 12.5 Å². The highest BCUT2D eigenvalue weighted by molar-refractivity contribution is 6.35. The Labute approximate surface area is 217 Å². The normalized spacial score (nSPS) is 21.9. The highest BCUT2D eigenvalue weighted by Crippen LogP contribution is 2.30. The van der Waals surface area contributed by atoms with E-state index in [1.807, 2.05) is 6.92 Å². The van der Waals surface area contributed by atoms with Crippen molar-refractivity contribution in [2.75, 3.05) is 39.3 Å². The van der Waals surface area contributed by atoms with Crippen LogP contribution in [0.2, 0.25) is 10.0 Å². The lowest BCUT2D eigenvalue weighted by Crippen LogP contribution is -2.58. The fourth-order valence-corrected chi connectivity index (χ4v) is 5.56. The average molecular weight is 527 g/mol. The summed E-state index contributed by atoms with van der Waals surface area (Å²) < 4.78 is 5.33. The van der Waals surface area contributed by atoms with Gasteiger partial charge in [-0.15, -0.1) is 0 Å². The quantitative estimate of drug-likeness (QED) is 0.479. The van der Waals surface area contributed by atoms with Gasteiger partial charge in [0.15, 0.2) is 0 Å². The largest absolute Gasteiger partial charge is 0.466 e. The van der Waals surface area contributed by atoms with E-state index in [0.717, 1.165) is 31.2 Å². The number of carbonyl (C=O) groups is 3. The zero-order valence-corrected chi connectivity index (χ0v) is 21.8. The van der Waals surface area contributed by atoms with Gasteiger partial charge >= 0.3 is 5.97 Å². The number of nitrogens with two attached hydrogens (primary N) is 1. The van der Waals surface area contributed by atoms with E-state index in [4.69, 9.17) is 33.7 Å². The van der Waals surface area contributed by atoms with Gasteiger partial charge in [0.2, 0.25) is 11.8 Å². The molecule has 1 aliphatic heterocycles. The van der Waals surface area contributed by atoms with Gasteiger partial charge in [0, 0.05) is 61.7 Å². The number of nitrogens with one attached hydrogen (secondary N) is 1. The molecule has 0 aromatic heterocycles. The Bertz CT molecular complexity index is 892. The maximum Gasteiger partial charge on any atom is 0.310 e. The van der Waals surface area contributed by atoms with Crippen LogP contribution in [-0.2, 0) is 25.5 Å². The van der Waals surface area contributed by atoms with E-state index >= 15 is 0 Å². The molecule has 2 amide bonds. The minimum Gasteiger partial charge on any atom is -0.466 e. The first-order chi connectivity index (χ1) is 16.8. The number of amides is 2. The Kier molecular flexibility index (Phi) is 10.6. The predicted molar refractivity (Wildman–Crippen MR) is 136 cm³/mol. The number of piperazine rings is 1. The first kappa shape index (κ1) is 27.7. The van der Waals surface area contributed by atoms with E-state index in [0.29, 0.717) is 42.8 Å². The molecule has 0 bridgehead atoms. The number of esters is 1. The van der Waals surface area contributed by atoms with Crippen LogP contribution in [0.3, 0.4) is 0 Å². The van der Waals surface area contributed by atoms with Gasteiger partial charge in [-0.05, 0) is 37.5 Å². The third-order valence-electron chi connectivity index (χ3n) is 6.86. The zero-order valence-electron chi connectivity index (χ0n) is 20.3. The first-order valence-electron chi connectivity index (χ1n) is 12.5. The van der Waals surface area contributed by atoms with Gasteiger partial charge in [-0.25, -0.2) is 0 Å². The topological polar surface area (TPSA) is 105 Å². The lowest BCUT2D eigenvalue weighted by atomic mass is 9.83. The molecular weight excluding hydrogens is 491 g/mol. The molecule has 35 heavy (non-hydrogen) atoms. The smallest absolute Gasteiger partial charge is 0.310 e. The Morgan fingerprint density at radius 3 is 2.51 bits per heavy atom.